The third-order valence-electron chi connectivity index (χ3n) is 4.49. The number of carboxylic acids is 1. The second kappa shape index (κ2) is 5.87. The van der Waals surface area contributed by atoms with Crippen LogP contribution in [0.2, 0.25) is 0 Å². The van der Waals surface area contributed by atoms with E-state index in [1.54, 1.807) is 11.8 Å². The smallest absolute Gasteiger partial charge is 0.414 e. The highest BCUT2D eigenvalue weighted by molar-refractivity contribution is 5.90. The predicted molar refractivity (Wildman–Crippen MR) is 88.6 cm³/mol. The number of ether oxygens (including phenoxy) is 1. The highest BCUT2D eigenvalue weighted by atomic mass is 16.6. The Morgan fingerprint density at radius 2 is 1.91 bits per heavy atom. The van der Waals surface area contributed by atoms with Crippen LogP contribution in [0.4, 0.5) is 10.5 Å². The van der Waals surface area contributed by atoms with Crippen LogP contribution in [0.25, 0.3) is 0 Å². The molecule has 126 valence electrons. The summed E-state index contributed by atoms with van der Waals surface area (Å²) in [5.41, 5.74) is 0.0658. The molecular formula is C18H25NO4. The van der Waals surface area contributed by atoms with Crippen molar-refractivity contribution >= 4 is 17.7 Å². The van der Waals surface area contributed by atoms with Crippen molar-refractivity contribution in [2.75, 3.05) is 11.4 Å². The van der Waals surface area contributed by atoms with Gasteiger partial charge in [-0.05, 0) is 51.7 Å². The van der Waals surface area contributed by atoms with Crippen LogP contribution in [0.15, 0.2) is 24.3 Å². The van der Waals surface area contributed by atoms with Crippen molar-refractivity contribution < 1.29 is 19.4 Å². The first-order valence-electron chi connectivity index (χ1n) is 7.86. The highest BCUT2D eigenvalue weighted by Gasteiger charge is 2.44. The van der Waals surface area contributed by atoms with Gasteiger partial charge in [0.15, 0.2) is 0 Å². The largest absolute Gasteiger partial charge is 0.481 e. The molecule has 0 fully saturated rings. The minimum atomic E-state index is -0.924. The SMILES string of the molecule is C[C@@H]1CN(C(=O)OC(C)(C)C)c2ccccc2CC1(C)C(=O)O. The van der Waals surface area contributed by atoms with Gasteiger partial charge in [-0.1, -0.05) is 25.1 Å². The number of amides is 1. The molecule has 1 aromatic rings. The van der Waals surface area contributed by atoms with Crippen molar-refractivity contribution in [2.45, 2.75) is 46.6 Å². The second-order valence-corrected chi connectivity index (χ2v) is 7.52. The summed E-state index contributed by atoms with van der Waals surface area (Å²) >= 11 is 0. The molecule has 5 heteroatoms. The Balaban J connectivity index is 2.46. The van der Waals surface area contributed by atoms with Gasteiger partial charge in [-0.3, -0.25) is 9.69 Å². The van der Waals surface area contributed by atoms with E-state index in [0.717, 1.165) is 11.3 Å². The molecular weight excluding hydrogens is 294 g/mol. The van der Waals surface area contributed by atoms with Gasteiger partial charge in [-0.2, -0.15) is 0 Å². The zero-order valence-electron chi connectivity index (χ0n) is 14.4. The van der Waals surface area contributed by atoms with E-state index in [4.69, 9.17) is 4.74 Å². The summed E-state index contributed by atoms with van der Waals surface area (Å²) in [4.78, 5) is 26.0. The van der Waals surface area contributed by atoms with E-state index in [-0.39, 0.29) is 5.92 Å². The van der Waals surface area contributed by atoms with Crippen molar-refractivity contribution in [1.82, 2.24) is 0 Å². The van der Waals surface area contributed by atoms with Crippen LogP contribution in [-0.2, 0) is 16.0 Å². The maximum absolute atomic E-state index is 12.6. The predicted octanol–water partition coefficient (Wildman–Crippen LogP) is 3.71. The number of hydrogen-bond acceptors (Lipinski definition) is 3. The van der Waals surface area contributed by atoms with Gasteiger partial charge in [0.1, 0.15) is 5.60 Å². The van der Waals surface area contributed by atoms with Gasteiger partial charge in [0.25, 0.3) is 0 Å². The van der Waals surface area contributed by atoms with Crippen LogP contribution in [0.3, 0.4) is 0 Å². The number of para-hydroxylation sites is 1. The van der Waals surface area contributed by atoms with Crippen LogP contribution < -0.4 is 4.90 Å². The fourth-order valence-corrected chi connectivity index (χ4v) is 2.84. The molecule has 1 aliphatic rings. The minimum absolute atomic E-state index is 0.208. The number of carbonyl (C=O) groups is 2. The monoisotopic (exact) mass is 319 g/mol. The first kappa shape index (κ1) is 17.3. The number of hydrogen-bond donors (Lipinski definition) is 1. The molecule has 0 radical (unpaired) electrons. The third kappa shape index (κ3) is 3.49. The zero-order chi connectivity index (χ0) is 17.4. The number of anilines is 1. The van der Waals surface area contributed by atoms with E-state index in [9.17, 15) is 14.7 Å². The summed E-state index contributed by atoms with van der Waals surface area (Å²) in [5, 5.41) is 9.70. The second-order valence-electron chi connectivity index (χ2n) is 7.52. The number of benzene rings is 1. The van der Waals surface area contributed by atoms with Gasteiger partial charge < -0.3 is 9.84 Å². The Labute approximate surface area is 137 Å². The van der Waals surface area contributed by atoms with E-state index in [1.165, 1.54) is 0 Å². The maximum atomic E-state index is 12.6. The van der Waals surface area contributed by atoms with E-state index in [0.29, 0.717) is 13.0 Å². The lowest BCUT2D eigenvalue weighted by atomic mass is 9.74. The van der Waals surface area contributed by atoms with Gasteiger partial charge in [-0.25, -0.2) is 4.79 Å². The van der Waals surface area contributed by atoms with Crippen LogP contribution in [0, 0.1) is 11.3 Å². The normalized spacial score (nSPS) is 24.6. The molecule has 1 aromatic carbocycles. The quantitative estimate of drug-likeness (QED) is 0.857. The Bertz CT molecular complexity index is 620. The van der Waals surface area contributed by atoms with Gasteiger partial charge in [0.05, 0.1) is 11.1 Å². The van der Waals surface area contributed by atoms with Crippen LogP contribution >= 0.6 is 0 Å². The van der Waals surface area contributed by atoms with Gasteiger partial charge in [0, 0.05) is 6.54 Å². The van der Waals surface area contributed by atoms with Crippen molar-refractivity contribution in [2.24, 2.45) is 11.3 Å². The van der Waals surface area contributed by atoms with E-state index in [1.807, 2.05) is 52.0 Å². The standard InChI is InChI=1S/C18H25NO4/c1-12-11-19(16(22)23-17(2,3)4)14-9-7-6-8-13(14)10-18(12,5)15(20)21/h6-9,12H,10-11H2,1-5H3,(H,20,21)/t12-,18?/m1/s1. The lowest BCUT2D eigenvalue weighted by Crippen LogP contribution is -2.43. The first-order chi connectivity index (χ1) is 10.5. The lowest BCUT2D eigenvalue weighted by molar-refractivity contribution is -0.150. The first-order valence-corrected chi connectivity index (χ1v) is 7.86. The molecule has 0 spiro atoms. The fraction of sp³-hybridized carbons (Fsp3) is 0.556. The number of rotatable bonds is 1. The Morgan fingerprint density at radius 3 is 2.48 bits per heavy atom. The Hall–Kier alpha value is -2.04. The van der Waals surface area contributed by atoms with Crippen LogP contribution in [0.1, 0.15) is 40.2 Å². The molecule has 0 aliphatic carbocycles. The number of nitrogens with zero attached hydrogens (tertiary/aromatic N) is 1. The topological polar surface area (TPSA) is 66.8 Å². The summed E-state index contributed by atoms with van der Waals surface area (Å²) < 4.78 is 5.51. The molecule has 5 nitrogen and oxygen atoms in total. The molecule has 1 unspecified atom stereocenters. The van der Waals surface area contributed by atoms with Gasteiger partial charge in [-0.15, -0.1) is 0 Å². The van der Waals surface area contributed by atoms with E-state index in [2.05, 4.69) is 0 Å². The molecule has 0 bridgehead atoms. The fourth-order valence-electron chi connectivity index (χ4n) is 2.84. The van der Waals surface area contributed by atoms with E-state index >= 15 is 0 Å². The van der Waals surface area contributed by atoms with Crippen molar-refractivity contribution in [1.29, 1.82) is 0 Å². The Kier molecular flexibility index (Phi) is 4.42. The number of aliphatic carboxylic acids is 1. The summed E-state index contributed by atoms with van der Waals surface area (Å²) in [5.74, 6) is -1.05. The van der Waals surface area contributed by atoms with Crippen molar-refractivity contribution in [3.8, 4) is 0 Å². The van der Waals surface area contributed by atoms with Gasteiger partial charge >= 0.3 is 12.1 Å². The highest BCUT2D eigenvalue weighted by Crippen LogP contribution is 2.40. The van der Waals surface area contributed by atoms with Crippen molar-refractivity contribution in [3.63, 3.8) is 0 Å². The molecule has 2 atom stereocenters. The third-order valence-corrected chi connectivity index (χ3v) is 4.49. The van der Waals surface area contributed by atoms with Crippen molar-refractivity contribution in [3.05, 3.63) is 29.8 Å². The molecule has 1 heterocycles. The molecule has 0 saturated heterocycles. The molecule has 1 amide bonds. The average molecular weight is 319 g/mol. The molecule has 0 saturated carbocycles. The summed E-state index contributed by atoms with van der Waals surface area (Å²) in [6.07, 6.45) is -0.0506. The van der Waals surface area contributed by atoms with Crippen LogP contribution in [-0.4, -0.2) is 29.3 Å². The molecule has 23 heavy (non-hydrogen) atoms. The number of fused-ring (bicyclic) bond motifs is 1. The van der Waals surface area contributed by atoms with Crippen LogP contribution in [0.5, 0.6) is 0 Å². The lowest BCUT2D eigenvalue weighted by Gasteiger charge is -2.32. The summed E-state index contributed by atoms with van der Waals surface area (Å²) in [7, 11) is 0. The zero-order valence-corrected chi connectivity index (χ0v) is 14.4. The summed E-state index contributed by atoms with van der Waals surface area (Å²) in [6, 6.07) is 7.44. The Morgan fingerprint density at radius 1 is 1.30 bits per heavy atom. The average Bonchev–Trinajstić information content (AvgIpc) is 2.53. The molecule has 2 rings (SSSR count). The number of carbonyl (C=O) groups excluding carboxylic acids is 1. The minimum Gasteiger partial charge on any atom is -0.481 e. The van der Waals surface area contributed by atoms with Gasteiger partial charge in [0.2, 0.25) is 0 Å². The number of carboxylic acid groups (broad SMARTS) is 1. The maximum Gasteiger partial charge on any atom is 0.414 e. The summed E-state index contributed by atoms with van der Waals surface area (Å²) in [6.45, 7) is 9.39. The molecule has 0 aromatic heterocycles. The molecule has 1 aliphatic heterocycles. The molecule has 1 N–H and O–H groups in total. The van der Waals surface area contributed by atoms with E-state index < -0.39 is 23.1 Å².